The summed E-state index contributed by atoms with van der Waals surface area (Å²) in [7, 11) is 1.80. The maximum Gasteiger partial charge on any atom is 0.317 e. The van der Waals surface area contributed by atoms with E-state index in [4.69, 9.17) is 5.11 Å². The molecule has 1 unspecified atom stereocenters. The number of carbonyl (C=O) groups is 1. The number of aromatic nitrogens is 3. The van der Waals surface area contributed by atoms with Crippen LogP contribution in [0, 0.1) is 0 Å². The van der Waals surface area contributed by atoms with Crippen molar-refractivity contribution in [3.63, 3.8) is 0 Å². The van der Waals surface area contributed by atoms with Crippen LogP contribution in [-0.4, -0.2) is 43.3 Å². The summed E-state index contributed by atoms with van der Waals surface area (Å²) in [6, 6.07) is 0.216. The van der Waals surface area contributed by atoms with E-state index in [9.17, 15) is 4.79 Å². The summed E-state index contributed by atoms with van der Waals surface area (Å²) in [5, 5.41) is 12.8. The Kier molecular flexibility index (Phi) is 4.42. The van der Waals surface area contributed by atoms with Crippen LogP contribution in [-0.2, 0) is 18.4 Å². The van der Waals surface area contributed by atoms with Crippen LogP contribution < -0.4 is 0 Å². The van der Waals surface area contributed by atoms with Gasteiger partial charge in [-0.05, 0) is 13.3 Å². The number of nitrogens with zero attached hydrogens (tertiary/aromatic N) is 4. The van der Waals surface area contributed by atoms with Crippen molar-refractivity contribution in [2.45, 2.75) is 32.9 Å². The number of hydrogen-bond donors (Lipinski definition) is 1. The Morgan fingerprint density at radius 2 is 2.38 bits per heavy atom. The van der Waals surface area contributed by atoms with E-state index in [-0.39, 0.29) is 12.6 Å². The molecule has 0 spiro atoms. The summed E-state index contributed by atoms with van der Waals surface area (Å²) in [6.45, 7) is 4.59. The van der Waals surface area contributed by atoms with Crippen molar-refractivity contribution in [2.24, 2.45) is 7.05 Å². The van der Waals surface area contributed by atoms with Gasteiger partial charge in [-0.2, -0.15) is 5.10 Å². The minimum atomic E-state index is -0.817. The van der Waals surface area contributed by atoms with Crippen LogP contribution in [0.5, 0.6) is 0 Å². The molecule has 0 aliphatic heterocycles. The highest BCUT2D eigenvalue weighted by atomic mass is 16.4. The molecule has 0 aliphatic carbocycles. The van der Waals surface area contributed by atoms with E-state index in [1.807, 2.05) is 18.7 Å². The lowest BCUT2D eigenvalue weighted by Gasteiger charge is -2.25. The van der Waals surface area contributed by atoms with Gasteiger partial charge in [0.15, 0.2) is 0 Å². The van der Waals surface area contributed by atoms with Crippen molar-refractivity contribution < 1.29 is 9.90 Å². The number of carboxylic acid groups (broad SMARTS) is 1. The summed E-state index contributed by atoms with van der Waals surface area (Å²) in [6.07, 6.45) is 2.38. The molecule has 6 nitrogen and oxygen atoms in total. The molecule has 16 heavy (non-hydrogen) atoms. The van der Waals surface area contributed by atoms with Gasteiger partial charge in [-0.25, -0.2) is 4.98 Å². The van der Waals surface area contributed by atoms with Crippen LogP contribution in [0.25, 0.3) is 0 Å². The van der Waals surface area contributed by atoms with Crippen molar-refractivity contribution in [1.29, 1.82) is 0 Å². The standard InChI is InChI=1S/C10H18N4O2/c1-4-8(2)14(6-10(15)16)5-9-11-7-12-13(9)3/h7-8H,4-6H2,1-3H3,(H,15,16). The third kappa shape index (κ3) is 3.30. The molecule has 0 aromatic carbocycles. The molecule has 0 fully saturated rings. The van der Waals surface area contributed by atoms with Crippen LogP contribution in [0.1, 0.15) is 26.1 Å². The van der Waals surface area contributed by atoms with Crippen molar-refractivity contribution in [3.05, 3.63) is 12.2 Å². The van der Waals surface area contributed by atoms with E-state index in [0.29, 0.717) is 6.54 Å². The van der Waals surface area contributed by atoms with Gasteiger partial charge in [0.05, 0.1) is 13.1 Å². The zero-order valence-electron chi connectivity index (χ0n) is 9.92. The Bertz CT molecular complexity index is 350. The Morgan fingerprint density at radius 1 is 1.69 bits per heavy atom. The van der Waals surface area contributed by atoms with Crippen molar-refractivity contribution in [2.75, 3.05) is 6.54 Å². The molecule has 1 atom stereocenters. The first-order chi connectivity index (χ1) is 7.54. The maximum atomic E-state index is 10.8. The third-order valence-corrected chi connectivity index (χ3v) is 2.70. The van der Waals surface area contributed by atoms with E-state index >= 15 is 0 Å². The molecule has 0 saturated heterocycles. The van der Waals surface area contributed by atoms with Gasteiger partial charge in [-0.3, -0.25) is 14.4 Å². The van der Waals surface area contributed by atoms with Gasteiger partial charge in [0.1, 0.15) is 12.2 Å². The van der Waals surface area contributed by atoms with Gasteiger partial charge < -0.3 is 5.11 Å². The first-order valence-corrected chi connectivity index (χ1v) is 5.33. The first-order valence-electron chi connectivity index (χ1n) is 5.33. The molecular formula is C10H18N4O2. The number of aliphatic carboxylic acids is 1. The normalized spacial score (nSPS) is 13.0. The second kappa shape index (κ2) is 5.60. The van der Waals surface area contributed by atoms with E-state index in [1.54, 1.807) is 11.7 Å². The molecule has 1 heterocycles. The summed E-state index contributed by atoms with van der Waals surface area (Å²) < 4.78 is 1.66. The minimum Gasteiger partial charge on any atom is -0.480 e. The predicted octanol–water partition coefficient (Wildman–Crippen LogP) is 0.500. The average molecular weight is 226 g/mol. The predicted molar refractivity (Wildman–Crippen MR) is 58.8 cm³/mol. The van der Waals surface area contributed by atoms with E-state index in [2.05, 4.69) is 10.1 Å². The highest BCUT2D eigenvalue weighted by Crippen LogP contribution is 2.07. The summed E-state index contributed by atoms with van der Waals surface area (Å²) in [5.41, 5.74) is 0. The Hall–Kier alpha value is -1.43. The lowest BCUT2D eigenvalue weighted by Crippen LogP contribution is -2.37. The molecule has 0 amide bonds. The van der Waals surface area contributed by atoms with Crippen LogP contribution >= 0.6 is 0 Å². The Balaban J connectivity index is 2.70. The van der Waals surface area contributed by atoms with Gasteiger partial charge >= 0.3 is 5.97 Å². The van der Waals surface area contributed by atoms with Crippen LogP contribution in [0.3, 0.4) is 0 Å². The van der Waals surface area contributed by atoms with Gasteiger partial charge in [0, 0.05) is 13.1 Å². The fourth-order valence-corrected chi connectivity index (χ4v) is 1.44. The molecule has 1 aromatic rings. The summed E-state index contributed by atoms with van der Waals surface area (Å²) in [4.78, 5) is 16.7. The van der Waals surface area contributed by atoms with Crippen LogP contribution in [0.2, 0.25) is 0 Å². The maximum absolute atomic E-state index is 10.8. The highest BCUT2D eigenvalue weighted by molar-refractivity contribution is 5.69. The quantitative estimate of drug-likeness (QED) is 0.764. The second-order valence-electron chi connectivity index (χ2n) is 3.86. The number of carboxylic acids is 1. The van der Waals surface area contributed by atoms with E-state index in [0.717, 1.165) is 12.2 Å². The van der Waals surface area contributed by atoms with Gasteiger partial charge in [-0.15, -0.1) is 0 Å². The summed E-state index contributed by atoms with van der Waals surface area (Å²) >= 11 is 0. The van der Waals surface area contributed by atoms with Crippen molar-refractivity contribution in [1.82, 2.24) is 19.7 Å². The fraction of sp³-hybridized carbons (Fsp3) is 0.700. The molecule has 0 aliphatic rings. The fourth-order valence-electron chi connectivity index (χ4n) is 1.44. The summed E-state index contributed by atoms with van der Waals surface area (Å²) in [5.74, 6) is -0.0379. The zero-order chi connectivity index (χ0) is 12.1. The molecule has 1 N–H and O–H groups in total. The van der Waals surface area contributed by atoms with Crippen LogP contribution in [0.15, 0.2) is 6.33 Å². The number of aryl methyl sites for hydroxylation is 1. The molecule has 0 bridgehead atoms. The van der Waals surface area contributed by atoms with Crippen molar-refractivity contribution >= 4 is 5.97 Å². The van der Waals surface area contributed by atoms with Gasteiger partial charge in [-0.1, -0.05) is 6.92 Å². The van der Waals surface area contributed by atoms with E-state index in [1.165, 1.54) is 6.33 Å². The number of hydrogen-bond acceptors (Lipinski definition) is 4. The molecule has 0 saturated carbocycles. The highest BCUT2D eigenvalue weighted by Gasteiger charge is 2.17. The largest absolute Gasteiger partial charge is 0.480 e. The average Bonchev–Trinajstić information content (AvgIpc) is 2.61. The molecule has 90 valence electrons. The minimum absolute atomic E-state index is 0.0296. The lowest BCUT2D eigenvalue weighted by molar-refractivity contribution is -0.139. The molecular weight excluding hydrogens is 208 g/mol. The van der Waals surface area contributed by atoms with E-state index < -0.39 is 5.97 Å². The topological polar surface area (TPSA) is 71.2 Å². The zero-order valence-corrected chi connectivity index (χ0v) is 9.92. The smallest absolute Gasteiger partial charge is 0.317 e. The van der Waals surface area contributed by atoms with Gasteiger partial charge in [0.2, 0.25) is 0 Å². The third-order valence-electron chi connectivity index (χ3n) is 2.70. The molecule has 0 radical (unpaired) electrons. The van der Waals surface area contributed by atoms with Gasteiger partial charge in [0.25, 0.3) is 0 Å². The Labute approximate surface area is 94.9 Å². The molecule has 6 heteroatoms. The SMILES string of the molecule is CCC(C)N(CC(=O)O)Cc1ncnn1C. The second-order valence-corrected chi connectivity index (χ2v) is 3.86. The monoisotopic (exact) mass is 226 g/mol. The Morgan fingerprint density at radius 3 is 2.81 bits per heavy atom. The molecule has 1 rings (SSSR count). The lowest BCUT2D eigenvalue weighted by atomic mass is 10.2. The van der Waals surface area contributed by atoms with Crippen LogP contribution in [0.4, 0.5) is 0 Å². The first kappa shape index (κ1) is 12.6. The number of rotatable bonds is 6. The van der Waals surface area contributed by atoms with Crippen molar-refractivity contribution in [3.8, 4) is 0 Å². The molecule has 1 aromatic heterocycles.